The fraction of sp³-hybridized carbons (Fsp3) is 0.533. The zero-order valence-corrected chi connectivity index (χ0v) is 11.2. The van der Waals surface area contributed by atoms with Crippen molar-refractivity contribution in [3.05, 3.63) is 35.4 Å². The molecular formula is C15H22N2O. The normalized spacial score (nSPS) is 16.3. The van der Waals surface area contributed by atoms with E-state index in [1.54, 1.807) is 0 Å². The highest BCUT2D eigenvalue weighted by molar-refractivity contribution is 5.78. The molecular weight excluding hydrogens is 224 g/mol. The monoisotopic (exact) mass is 246 g/mol. The summed E-state index contributed by atoms with van der Waals surface area (Å²) in [4.78, 5) is 11.8. The molecule has 1 atom stereocenters. The van der Waals surface area contributed by atoms with Gasteiger partial charge in [-0.2, -0.15) is 0 Å². The lowest BCUT2D eigenvalue weighted by molar-refractivity contribution is -0.121. The number of hydrogen-bond donors (Lipinski definition) is 2. The molecule has 1 aliphatic rings. The van der Waals surface area contributed by atoms with E-state index in [0.29, 0.717) is 12.6 Å². The van der Waals surface area contributed by atoms with Crippen molar-refractivity contribution in [1.82, 2.24) is 10.6 Å². The zero-order valence-electron chi connectivity index (χ0n) is 11.2. The highest BCUT2D eigenvalue weighted by Gasteiger charge is 2.22. The summed E-state index contributed by atoms with van der Waals surface area (Å²) < 4.78 is 0. The first-order valence-corrected chi connectivity index (χ1v) is 6.78. The van der Waals surface area contributed by atoms with Crippen LogP contribution in [-0.2, 0) is 17.6 Å². The number of rotatable bonds is 5. The maximum absolute atomic E-state index is 11.8. The molecule has 0 saturated carbocycles. The van der Waals surface area contributed by atoms with Gasteiger partial charge in [0.15, 0.2) is 0 Å². The third-order valence-electron chi connectivity index (χ3n) is 3.64. The molecule has 1 unspecified atom stereocenters. The van der Waals surface area contributed by atoms with Crippen molar-refractivity contribution in [1.29, 1.82) is 0 Å². The van der Waals surface area contributed by atoms with Gasteiger partial charge in [0.05, 0.1) is 6.54 Å². The summed E-state index contributed by atoms with van der Waals surface area (Å²) in [6.07, 6.45) is 2.97. The van der Waals surface area contributed by atoms with E-state index in [4.69, 9.17) is 0 Å². The number of amides is 1. The number of nitrogens with one attached hydrogen (secondary N) is 2. The third-order valence-corrected chi connectivity index (χ3v) is 3.64. The molecule has 2 rings (SSSR count). The van der Waals surface area contributed by atoms with Gasteiger partial charge in [0.1, 0.15) is 0 Å². The predicted octanol–water partition coefficient (Wildman–Crippen LogP) is 1.66. The SMILES string of the molecule is CCC(C)NCC(=O)NC1Cc2ccccc2C1. The molecule has 18 heavy (non-hydrogen) atoms. The summed E-state index contributed by atoms with van der Waals surface area (Å²) in [6.45, 7) is 4.63. The molecule has 0 bridgehead atoms. The van der Waals surface area contributed by atoms with Crippen LogP contribution >= 0.6 is 0 Å². The van der Waals surface area contributed by atoms with Crippen molar-refractivity contribution < 1.29 is 4.79 Å². The van der Waals surface area contributed by atoms with Crippen LogP contribution in [0, 0.1) is 0 Å². The van der Waals surface area contributed by atoms with E-state index in [0.717, 1.165) is 19.3 Å². The lowest BCUT2D eigenvalue weighted by Crippen LogP contribution is -2.42. The molecule has 98 valence electrons. The Morgan fingerprint density at radius 2 is 1.94 bits per heavy atom. The van der Waals surface area contributed by atoms with Gasteiger partial charge in [0.25, 0.3) is 0 Å². The van der Waals surface area contributed by atoms with Gasteiger partial charge in [-0.3, -0.25) is 4.79 Å². The van der Waals surface area contributed by atoms with Gasteiger partial charge < -0.3 is 10.6 Å². The Hall–Kier alpha value is -1.35. The number of fused-ring (bicyclic) bond motifs is 1. The topological polar surface area (TPSA) is 41.1 Å². The summed E-state index contributed by atoms with van der Waals surface area (Å²) in [5.74, 6) is 0.105. The molecule has 0 radical (unpaired) electrons. The highest BCUT2D eigenvalue weighted by Crippen LogP contribution is 2.21. The van der Waals surface area contributed by atoms with E-state index in [1.165, 1.54) is 11.1 Å². The third kappa shape index (κ3) is 3.33. The smallest absolute Gasteiger partial charge is 0.234 e. The number of benzene rings is 1. The molecule has 1 aromatic rings. The van der Waals surface area contributed by atoms with Crippen LogP contribution in [0.3, 0.4) is 0 Å². The quantitative estimate of drug-likeness (QED) is 0.829. The van der Waals surface area contributed by atoms with Crippen molar-refractivity contribution >= 4 is 5.91 Å². The molecule has 1 aliphatic carbocycles. The van der Waals surface area contributed by atoms with Gasteiger partial charge in [-0.25, -0.2) is 0 Å². The van der Waals surface area contributed by atoms with Crippen LogP contribution in [0.4, 0.5) is 0 Å². The van der Waals surface area contributed by atoms with E-state index in [9.17, 15) is 4.79 Å². The van der Waals surface area contributed by atoms with E-state index >= 15 is 0 Å². The van der Waals surface area contributed by atoms with Gasteiger partial charge in [-0.05, 0) is 37.3 Å². The second-order valence-corrected chi connectivity index (χ2v) is 5.13. The van der Waals surface area contributed by atoms with Gasteiger partial charge in [0.2, 0.25) is 5.91 Å². The van der Waals surface area contributed by atoms with Crippen LogP contribution < -0.4 is 10.6 Å². The lowest BCUT2D eigenvalue weighted by Gasteiger charge is -2.14. The molecule has 0 saturated heterocycles. The molecule has 0 heterocycles. The first kappa shape index (κ1) is 13.1. The Kier molecular flexibility index (Phi) is 4.37. The highest BCUT2D eigenvalue weighted by atomic mass is 16.1. The van der Waals surface area contributed by atoms with E-state index in [-0.39, 0.29) is 11.9 Å². The molecule has 2 N–H and O–H groups in total. The molecule has 0 spiro atoms. The van der Waals surface area contributed by atoms with Crippen LogP contribution in [0.1, 0.15) is 31.4 Å². The minimum absolute atomic E-state index is 0.105. The number of carbonyl (C=O) groups excluding carboxylic acids is 1. The molecule has 0 aliphatic heterocycles. The Morgan fingerprint density at radius 3 is 2.50 bits per heavy atom. The van der Waals surface area contributed by atoms with Gasteiger partial charge in [0, 0.05) is 12.1 Å². The molecule has 0 fully saturated rings. The largest absolute Gasteiger partial charge is 0.352 e. The Bertz CT molecular complexity index is 392. The minimum atomic E-state index is 0.105. The van der Waals surface area contributed by atoms with E-state index in [1.807, 2.05) is 0 Å². The van der Waals surface area contributed by atoms with E-state index < -0.39 is 0 Å². The van der Waals surface area contributed by atoms with Crippen LogP contribution in [0.5, 0.6) is 0 Å². The minimum Gasteiger partial charge on any atom is -0.352 e. The molecule has 1 amide bonds. The van der Waals surface area contributed by atoms with Crippen molar-refractivity contribution in [3.63, 3.8) is 0 Å². The van der Waals surface area contributed by atoms with Crippen molar-refractivity contribution in [3.8, 4) is 0 Å². The average molecular weight is 246 g/mol. The summed E-state index contributed by atoms with van der Waals surface area (Å²) in [6, 6.07) is 9.10. The maximum atomic E-state index is 11.8. The van der Waals surface area contributed by atoms with Gasteiger partial charge >= 0.3 is 0 Å². The summed E-state index contributed by atoms with van der Waals surface area (Å²) in [5.41, 5.74) is 2.75. The summed E-state index contributed by atoms with van der Waals surface area (Å²) in [5, 5.41) is 6.32. The van der Waals surface area contributed by atoms with Crippen LogP contribution in [-0.4, -0.2) is 24.5 Å². The van der Waals surface area contributed by atoms with Gasteiger partial charge in [-0.15, -0.1) is 0 Å². The summed E-state index contributed by atoms with van der Waals surface area (Å²) in [7, 11) is 0. The fourth-order valence-electron chi connectivity index (χ4n) is 2.35. The lowest BCUT2D eigenvalue weighted by atomic mass is 10.1. The zero-order chi connectivity index (χ0) is 13.0. The second-order valence-electron chi connectivity index (χ2n) is 5.13. The second kappa shape index (κ2) is 6.01. The molecule has 3 heteroatoms. The fourth-order valence-corrected chi connectivity index (χ4v) is 2.35. The van der Waals surface area contributed by atoms with E-state index in [2.05, 4.69) is 48.7 Å². The Morgan fingerprint density at radius 1 is 1.33 bits per heavy atom. The average Bonchev–Trinajstić information content (AvgIpc) is 2.77. The Labute approximate surface area is 109 Å². The van der Waals surface area contributed by atoms with Crippen molar-refractivity contribution in [2.45, 2.75) is 45.2 Å². The standard InChI is InChI=1S/C15H22N2O/c1-3-11(2)16-10-15(18)17-14-8-12-6-4-5-7-13(12)9-14/h4-7,11,14,16H,3,8-10H2,1-2H3,(H,17,18). The first-order chi connectivity index (χ1) is 8.69. The molecule has 3 nitrogen and oxygen atoms in total. The Balaban J connectivity index is 1.77. The number of carbonyl (C=O) groups is 1. The number of hydrogen-bond acceptors (Lipinski definition) is 2. The summed E-state index contributed by atoms with van der Waals surface area (Å²) >= 11 is 0. The van der Waals surface area contributed by atoms with Gasteiger partial charge in [-0.1, -0.05) is 31.2 Å². The van der Waals surface area contributed by atoms with Crippen LogP contribution in [0.15, 0.2) is 24.3 Å². The van der Waals surface area contributed by atoms with Crippen molar-refractivity contribution in [2.24, 2.45) is 0 Å². The predicted molar refractivity (Wildman–Crippen MR) is 73.5 cm³/mol. The molecule has 0 aromatic heterocycles. The van der Waals surface area contributed by atoms with Crippen molar-refractivity contribution in [2.75, 3.05) is 6.54 Å². The maximum Gasteiger partial charge on any atom is 0.234 e. The first-order valence-electron chi connectivity index (χ1n) is 6.78. The van der Waals surface area contributed by atoms with Crippen LogP contribution in [0.25, 0.3) is 0 Å². The molecule has 1 aromatic carbocycles. The van der Waals surface area contributed by atoms with Crippen LogP contribution in [0.2, 0.25) is 0 Å².